The number of piperidine rings is 1. The Morgan fingerprint density at radius 3 is 2.20 bits per heavy atom. The van der Waals surface area contributed by atoms with Crippen LogP contribution in [0.15, 0.2) is 36.4 Å². The van der Waals surface area contributed by atoms with E-state index in [0.717, 1.165) is 12.1 Å². The van der Waals surface area contributed by atoms with Gasteiger partial charge < -0.3 is 9.84 Å². The molecule has 0 saturated carbocycles. The van der Waals surface area contributed by atoms with Crippen LogP contribution in [0.25, 0.3) is 0 Å². The van der Waals surface area contributed by atoms with Gasteiger partial charge >= 0.3 is 12.1 Å². The van der Waals surface area contributed by atoms with Gasteiger partial charge in [-0.15, -0.1) is 0 Å². The third kappa shape index (κ3) is 6.64. The monoisotopic (exact) mass is 504 g/mol. The molecule has 2 aromatic carbocycles. The Morgan fingerprint density at radius 1 is 1.06 bits per heavy atom. The van der Waals surface area contributed by atoms with Crippen molar-refractivity contribution in [2.45, 2.75) is 39.2 Å². The van der Waals surface area contributed by atoms with Crippen molar-refractivity contribution >= 4 is 35.2 Å². The van der Waals surface area contributed by atoms with Gasteiger partial charge in [-0.05, 0) is 70.0 Å². The number of hydrogen-bond donors (Lipinski definition) is 2. The van der Waals surface area contributed by atoms with Gasteiger partial charge in [-0.25, -0.2) is 19.0 Å². The van der Waals surface area contributed by atoms with Crippen LogP contribution in [-0.2, 0) is 4.74 Å². The normalized spacial score (nSPS) is 14.9. The number of carbonyl (C=O) groups excluding carboxylic acids is 3. The van der Waals surface area contributed by atoms with Crippen LogP contribution in [-0.4, -0.2) is 52.4 Å². The van der Waals surface area contributed by atoms with Gasteiger partial charge in [0.2, 0.25) is 0 Å². The summed E-state index contributed by atoms with van der Waals surface area (Å²) in [6.45, 7) is 5.96. The van der Waals surface area contributed by atoms with Gasteiger partial charge in [0, 0.05) is 35.2 Å². The lowest BCUT2D eigenvalue weighted by atomic mass is 9.87. The molecule has 2 N–H and O–H groups in total. The third-order valence-corrected chi connectivity index (χ3v) is 5.70. The predicted molar refractivity (Wildman–Crippen MR) is 126 cm³/mol. The first kappa shape index (κ1) is 26.3. The number of carbonyl (C=O) groups is 4. The van der Waals surface area contributed by atoms with Crippen LogP contribution in [0.2, 0.25) is 5.02 Å². The maximum Gasteiger partial charge on any atom is 0.422 e. The van der Waals surface area contributed by atoms with Crippen LogP contribution < -0.4 is 5.43 Å². The first-order chi connectivity index (χ1) is 16.4. The number of nitrogens with one attached hydrogen (secondary N) is 1. The lowest BCUT2D eigenvalue weighted by Crippen LogP contribution is -2.49. The summed E-state index contributed by atoms with van der Waals surface area (Å²) in [4.78, 5) is 49.6. The molecule has 3 rings (SSSR count). The average molecular weight is 505 g/mol. The van der Waals surface area contributed by atoms with E-state index < -0.39 is 52.1 Å². The topological polar surface area (TPSA) is 113 Å². The van der Waals surface area contributed by atoms with E-state index >= 15 is 4.39 Å². The number of ether oxygens (including phenoxy) is 1. The highest BCUT2D eigenvalue weighted by Crippen LogP contribution is 2.26. The molecule has 0 unspecified atom stereocenters. The molecule has 0 aromatic heterocycles. The maximum absolute atomic E-state index is 15.0. The number of rotatable bonds is 6. The minimum Gasteiger partial charge on any atom is -0.478 e. The van der Waals surface area contributed by atoms with E-state index in [1.807, 2.05) is 0 Å². The fourth-order valence-electron chi connectivity index (χ4n) is 3.81. The molecule has 186 valence electrons. The number of halogens is 2. The van der Waals surface area contributed by atoms with Crippen molar-refractivity contribution in [3.8, 4) is 0 Å². The highest BCUT2D eigenvalue weighted by molar-refractivity contribution is 6.30. The van der Waals surface area contributed by atoms with Crippen molar-refractivity contribution in [1.82, 2.24) is 10.4 Å². The number of aromatic carboxylic acids is 1. The molecule has 0 atom stereocenters. The molecule has 1 heterocycles. The van der Waals surface area contributed by atoms with Gasteiger partial charge in [-0.2, -0.15) is 0 Å². The number of ketones is 2. The summed E-state index contributed by atoms with van der Waals surface area (Å²) in [6.07, 6.45) is 0.130. The van der Waals surface area contributed by atoms with Crippen LogP contribution in [0, 0.1) is 11.7 Å². The summed E-state index contributed by atoms with van der Waals surface area (Å²) in [5, 5.41) is 11.6. The molecule has 1 aliphatic rings. The Labute approximate surface area is 207 Å². The van der Waals surface area contributed by atoms with Crippen molar-refractivity contribution in [2.24, 2.45) is 5.92 Å². The van der Waals surface area contributed by atoms with Gasteiger partial charge in [0.15, 0.2) is 11.6 Å². The summed E-state index contributed by atoms with van der Waals surface area (Å²) < 4.78 is 20.2. The lowest BCUT2D eigenvalue weighted by Gasteiger charge is -2.32. The number of hydrogen-bond acceptors (Lipinski definition) is 6. The number of carboxylic acid groups (broad SMARTS) is 1. The van der Waals surface area contributed by atoms with E-state index in [2.05, 4.69) is 5.43 Å². The Morgan fingerprint density at radius 2 is 1.66 bits per heavy atom. The molecule has 0 spiro atoms. The highest BCUT2D eigenvalue weighted by Gasteiger charge is 2.30. The van der Waals surface area contributed by atoms with Crippen LogP contribution in [0.5, 0.6) is 0 Å². The lowest BCUT2D eigenvalue weighted by molar-refractivity contribution is 0.0267. The molecule has 2 aromatic rings. The van der Waals surface area contributed by atoms with Crippen molar-refractivity contribution < 1.29 is 33.4 Å². The third-order valence-electron chi connectivity index (χ3n) is 5.45. The van der Waals surface area contributed by atoms with E-state index in [0.29, 0.717) is 31.0 Å². The second-order valence-corrected chi connectivity index (χ2v) is 9.70. The molecule has 0 aliphatic carbocycles. The molecule has 1 amide bonds. The Bertz CT molecular complexity index is 1150. The van der Waals surface area contributed by atoms with Crippen molar-refractivity contribution in [1.29, 1.82) is 0 Å². The largest absolute Gasteiger partial charge is 0.478 e. The smallest absolute Gasteiger partial charge is 0.422 e. The minimum atomic E-state index is -1.52. The predicted octanol–water partition coefficient (Wildman–Crippen LogP) is 4.74. The van der Waals surface area contributed by atoms with Crippen LogP contribution in [0.1, 0.15) is 70.3 Å². The fraction of sp³-hybridized carbons (Fsp3) is 0.360. The Hall–Kier alpha value is -3.30. The van der Waals surface area contributed by atoms with E-state index in [-0.39, 0.29) is 11.1 Å². The summed E-state index contributed by atoms with van der Waals surface area (Å²) in [7, 11) is 0. The zero-order chi connectivity index (χ0) is 25.9. The Balaban J connectivity index is 1.75. The van der Waals surface area contributed by atoms with Gasteiger partial charge in [0.25, 0.3) is 0 Å². The molecule has 1 aliphatic heterocycles. The van der Waals surface area contributed by atoms with Crippen LogP contribution in [0.3, 0.4) is 0 Å². The SMILES string of the molecule is CC(C)(C)OC(=O)NN1CCC(C(=O)c2cc(F)c(C(=O)c3ccc(Cl)cc3)c(C(=O)O)c2)CC1. The first-order valence-corrected chi connectivity index (χ1v) is 11.4. The van der Waals surface area contributed by atoms with Gasteiger partial charge in [0.1, 0.15) is 11.4 Å². The highest BCUT2D eigenvalue weighted by atomic mass is 35.5. The summed E-state index contributed by atoms with van der Waals surface area (Å²) in [5.41, 5.74) is 0.723. The zero-order valence-electron chi connectivity index (χ0n) is 19.6. The van der Waals surface area contributed by atoms with Gasteiger partial charge in [0.05, 0.1) is 11.1 Å². The molecule has 0 bridgehead atoms. The van der Waals surface area contributed by atoms with Gasteiger partial charge in [-0.1, -0.05) is 11.6 Å². The zero-order valence-corrected chi connectivity index (χ0v) is 20.3. The first-order valence-electron chi connectivity index (χ1n) is 11.0. The number of carboxylic acids is 1. The molecule has 8 nitrogen and oxygen atoms in total. The molecular formula is C25H26ClFN2O6. The van der Waals surface area contributed by atoms with Crippen LogP contribution >= 0.6 is 11.6 Å². The van der Waals surface area contributed by atoms with Crippen molar-refractivity contribution in [3.05, 3.63) is 69.5 Å². The summed E-state index contributed by atoms with van der Waals surface area (Å²) in [6, 6.07) is 7.57. The quantitative estimate of drug-likeness (QED) is 0.546. The fourth-order valence-corrected chi connectivity index (χ4v) is 3.94. The Kier molecular flexibility index (Phi) is 7.92. The van der Waals surface area contributed by atoms with E-state index in [1.54, 1.807) is 25.8 Å². The number of Topliss-reactive ketones (excluding diaryl/α,β-unsaturated/α-hetero) is 1. The standard InChI is InChI=1S/C25H26ClFN2O6/c1-25(2,3)35-24(34)28-29-10-8-15(9-11-29)21(30)16-12-18(23(32)33)20(19(27)13-16)22(31)14-4-6-17(26)7-5-14/h4-7,12-13,15H,8-11H2,1-3H3,(H,28,34)(H,32,33). The second kappa shape index (κ2) is 10.5. The number of hydrazine groups is 1. The maximum atomic E-state index is 15.0. The molecule has 35 heavy (non-hydrogen) atoms. The van der Waals surface area contributed by atoms with Crippen molar-refractivity contribution in [3.63, 3.8) is 0 Å². The number of amides is 1. The molecule has 10 heteroatoms. The number of benzene rings is 2. The van der Waals surface area contributed by atoms with Gasteiger partial charge in [-0.3, -0.25) is 15.0 Å². The molecule has 1 saturated heterocycles. The average Bonchev–Trinajstić information content (AvgIpc) is 2.77. The van der Waals surface area contributed by atoms with Crippen molar-refractivity contribution in [2.75, 3.05) is 13.1 Å². The summed E-state index contributed by atoms with van der Waals surface area (Å²) in [5.74, 6) is -4.35. The molecular weight excluding hydrogens is 479 g/mol. The van der Waals surface area contributed by atoms with E-state index in [1.165, 1.54) is 24.3 Å². The van der Waals surface area contributed by atoms with E-state index in [9.17, 15) is 24.3 Å². The number of nitrogens with zero attached hydrogens (tertiary/aromatic N) is 1. The van der Waals surface area contributed by atoms with E-state index in [4.69, 9.17) is 16.3 Å². The van der Waals surface area contributed by atoms with Crippen LogP contribution in [0.4, 0.5) is 9.18 Å². The molecule has 1 fully saturated rings. The summed E-state index contributed by atoms with van der Waals surface area (Å²) >= 11 is 5.82. The second-order valence-electron chi connectivity index (χ2n) is 9.26. The molecule has 0 radical (unpaired) electrons. The minimum absolute atomic E-state index is 0.0692.